The molecule has 0 amide bonds. The lowest BCUT2D eigenvalue weighted by Crippen LogP contribution is -2.52. The van der Waals surface area contributed by atoms with Crippen LogP contribution in [0.3, 0.4) is 0 Å². The first-order chi connectivity index (χ1) is 15.1. The second kappa shape index (κ2) is 11.9. The number of piperazine rings is 1. The van der Waals surface area contributed by atoms with Crippen LogP contribution < -0.4 is 14.2 Å². The van der Waals surface area contributed by atoms with Crippen molar-refractivity contribution < 1.29 is 24.4 Å². The third kappa shape index (κ3) is 6.83. The lowest BCUT2D eigenvalue weighted by molar-refractivity contribution is 0.0498. The summed E-state index contributed by atoms with van der Waals surface area (Å²) in [5.74, 6) is 2.36. The summed E-state index contributed by atoms with van der Waals surface area (Å²) in [6, 6.07) is 14.3. The zero-order valence-electron chi connectivity index (χ0n) is 18.5. The largest absolute Gasteiger partial charge is 0.497 e. The minimum Gasteiger partial charge on any atom is -0.497 e. The molecule has 2 N–H and O–H groups in total. The summed E-state index contributed by atoms with van der Waals surface area (Å²) in [5, 5.41) is 18.6. The van der Waals surface area contributed by atoms with Gasteiger partial charge in [-0.1, -0.05) is 12.1 Å². The van der Waals surface area contributed by atoms with Crippen molar-refractivity contribution >= 4 is 0 Å². The molecule has 2 aromatic carbocycles. The van der Waals surface area contributed by atoms with Gasteiger partial charge in [-0.25, -0.2) is 0 Å². The molecule has 7 nitrogen and oxygen atoms in total. The maximum absolute atomic E-state index is 9.64. The van der Waals surface area contributed by atoms with E-state index in [1.165, 1.54) is 5.56 Å². The van der Waals surface area contributed by atoms with Crippen LogP contribution in [0.2, 0.25) is 0 Å². The average Bonchev–Trinajstić information content (AvgIpc) is 2.79. The van der Waals surface area contributed by atoms with Crippen molar-refractivity contribution in [3.8, 4) is 17.2 Å². The lowest BCUT2D eigenvalue weighted by Gasteiger charge is -2.41. The van der Waals surface area contributed by atoms with Gasteiger partial charge in [0.1, 0.15) is 23.9 Å². The average molecular weight is 431 g/mol. The number of methoxy groups -OCH3 is 2. The quantitative estimate of drug-likeness (QED) is 0.566. The van der Waals surface area contributed by atoms with Gasteiger partial charge in [0.15, 0.2) is 0 Å². The number of nitrogens with zero attached hydrogens (tertiary/aromatic N) is 2. The highest BCUT2D eigenvalue weighted by atomic mass is 16.5. The van der Waals surface area contributed by atoms with Crippen molar-refractivity contribution in [2.45, 2.75) is 25.6 Å². The van der Waals surface area contributed by atoms with Crippen LogP contribution in [0.1, 0.15) is 17.5 Å². The van der Waals surface area contributed by atoms with E-state index in [0.717, 1.165) is 62.0 Å². The number of hydrogen-bond donors (Lipinski definition) is 2. The molecule has 0 spiro atoms. The Hall–Kier alpha value is -2.32. The highest BCUT2D eigenvalue weighted by Gasteiger charge is 2.27. The first kappa shape index (κ1) is 23.3. The number of hydrogen-bond acceptors (Lipinski definition) is 7. The zero-order valence-corrected chi connectivity index (χ0v) is 18.5. The first-order valence-corrected chi connectivity index (χ1v) is 10.8. The van der Waals surface area contributed by atoms with Crippen LogP contribution in [-0.4, -0.2) is 79.7 Å². The molecular formula is C24H34N2O5. The van der Waals surface area contributed by atoms with Crippen molar-refractivity contribution in [1.82, 2.24) is 9.80 Å². The van der Waals surface area contributed by atoms with Crippen LogP contribution in [0, 0.1) is 0 Å². The van der Waals surface area contributed by atoms with E-state index < -0.39 is 0 Å². The van der Waals surface area contributed by atoms with E-state index >= 15 is 0 Å². The summed E-state index contributed by atoms with van der Waals surface area (Å²) in [5.41, 5.74) is 2.32. The van der Waals surface area contributed by atoms with E-state index in [9.17, 15) is 5.11 Å². The number of benzene rings is 2. The predicted molar refractivity (Wildman–Crippen MR) is 120 cm³/mol. The van der Waals surface area contributed by atoms with Gasteiger partial charge < -0.3 is 24.4 Å². The third-order valence-corrected chi connectivity index (χ3v) is 5.61. The predicted octanol–water partition coefficient (Wildman–Crippen LogP) is 2.14. The maximum atomic E-state index is 9.64. The molecule has 3 rings (SSSR count). The molecule has 1 atom stereocenters. The molecule has 1 fully saturated rings. The van der Waals surface area contributed by atoms with E-state index in [1.54, 1.807) is 14.2 Å². The Morgan fingerprint density at radius 1 is 0.871 bits per heavy atom. The fraction of sp³-hybridized carbons (Fsp3) is 0.500. The Morgan fingerprint density at radius 2 is 1.61 bits per heavy atom. The first-order valence-electron chi connectivity index (χ1n) is 10.8. The fourth-order valence-electron chi connectivity index (χ4n) is 4.08. The van der Waals surface area contributed by atoms with Gasteiger partial charge in [-0.05, 0) is 41.8 Å². The van der Waals surface area contributed by atoms with Crippen molar-refractivity contribution in [2.24, 2.45) is 0 Å². The monoisotopic (exact) mass is 430 g/mol. The normalized spacial score (nSPS) is 17.5. The van der Waals surface area contributed by atoms with Gasteiger partial charge in [-0.2, -0.15) is 0 Å². The van der Waals surface area contributed by atoms with E-state index in [1.807, 2.05) is 36.4 Å². The Kier molecular flexibility index (Phi) is 8.97. The van der Waals surface area contributed by atoms with E-state index in [-0.39, 0.29) is 19.3 Å². The Morgan fingerprint density at radius 3 is 2.29 bits per heavy atom. The molecule has 0 unspecified atom stereocenters. The topological polar surface area (TPSA) is 74.6 Å². The van der Waals surface area contributed by atoms with E-state index in [4.69, 9.17) is 19.3 Å². The van der Waals surface area contributed by atoms with Gasteiger partial charge in [0.2, 0.25) is 0 Å². The molecule has 0 bridgehead atoms. The highest BCUT2D eigenvalue weighted by molar-refractivity contribution is 5.38. The zero-order chi connectivity index (χ0) is 22.1. The fourth-order valence-corrected chi connectivity index (χ4v) is 4.08. The standard InChI is InChI=1S/C24H34N2O5/c1-29-23-13-20(14-24(15-23)30-2)17-26-8-7-25(18-21(26)6-9-27)16-19-4-3-5-22(12-19)31-11-10-28/h3-5,12-15,21,27-28H,6-11,16-18H2,1-2H3/t21-/m0/s1. The summed E-state index contributed by atoms with van der Waals surface area (Å²) in [7, 11) is 3.32. The van der Waals surface area contributed by atoms with E-state index in [0.29, 0.717) is 6.61 Å². The van der Waals surface area contributed by atoms with Crippen molar-refractivity contribution in [3.63, 3.8) is 0 Å². The molecule has 0 radical (unpaired) electrons. The molecule has 0 aromatic heterocycles. The molecule has 0 aliphatic carbocycles. The number of ether oxygens (including phenoxy) is 3. The molecule has 31 heavy (non-hydrogen) atoms. The maximum Gasteiger partial charge on any atom is 0.122 e. The number of aliphatic hydroxyl groups excluding tert-OH is 2. The molecule has 1 heterocycles. The van der Waals surface area contributed by atoms with Crippen molar-refractivity contribution in [2.75, 3.05) is 53.7 Å². The Balaban J connectivity index is 1.64. The van der Waals surface area contributed by atoms with Gasteiger partial charge in [0.05, 0.1) is 20.8 Å². The minimum atomic E-state index is 0.00813. The summed E-state index contributed by atoms with van der Waals surface area (Å²) < 4.78 is 16.4. The number of aliphatic hydroxyl groups is 2. The van der Waals surface area contributed by atoms with E-state index in [2.05, 4.69) is 15.9 Å². The van der Waals surface area contributed by atoms with Gasteiger partial charge in [-0.15, -0.1) is 0 Å². The van der Waals surface area contributed by atoms with Crippen LogP contribution in [0.5, 0.6) is 17.2 Å². The summed E-state index contributed by atoms with van der Waals surface area (Å²) >= 11 is 0. The van der Waals surface area contributed by atoms with Crippen molar-refractivity contribution in [1.29, 1.82) is 0 Å². The smallest absolute Gasteiger partial charge is 0.122 e. The molecular weight excluding hydrogens is 396 g/mol. The molecule has 2 aromatic rings. The molecule has 1 saturated heterocycles. The minimum absolute atomic E-state index is 0.00813. The van der Waals surface area contributed by atoms with Crippen molar-refractivity contribution in [3.05, 3.63) is 53.6 Å². The molecule has 1 aliphatic rings. The molecule has 170 valence electrons. The number of rotatable bonds is 11. The van der Waals surface area contributed by atoms with Crippen LogP contribution in [0.25, 0.3) is 0 Å². The van der Waals surface area contributed by atoms with Gasteiger partial charge >= 0.3 is 0 Å². The SMILES string of the molecule is COc1cc(CN2CCN(Cc3cccc(OCCO)c3)C[C@@H]2CCO)cc(OC)c1. The third-order valence-electron chi connectivity index (χ3n) is 5.61. The second-order valence-electron chi connectivity index (χ2n) is 7.81. The Bertz CT molecular complexity index is 794. The lowest BCUT2D eigenvalue weighted by atomic mass is 10.1. The molecule has 1 aliphatic heterocycles. The second-order valence-corrected chi connectivity index (χ2v) is 7.81. The van der Waals surface area contributed by atoms with Gasteiger partial charge in [0.25, 0.3) is 0 Å². The van der Waals surface area contributed by atoms with Gasteiger partial charge in [0, 0.05) is 51.4 Å². The summed E-state index contributed by atoms with van der Waals surface area (Å²) in [6.07, 6.45) is 0.733. The van der Waals surface area contributed by atoms with Crippen LogP contribution in [0.4, 0.5) is 0 Å². The van der Waals surface area contributed by atoms with Crippen LogP contribution in [0.15, 0.2) is 42.5 Å². The Labute approximate surface area is 184 Å². The van der Waals surface area contributed by atoms with Gasteiger partial charge in [-0.3, -0.25) is 9.80 Å². The highest BCUT2D eigenvalue weighted by Crippen LogP contribution is 2.26. The summed E-state index contributed by atoms with van der Waals surface area (Å²) in [6.45, 7) is 4.86. The van der Waals surface area contributed by atoms with Crippen LogP contribution in [-0.2, 0) is 13.1 Å². The summed E-state index contributed by atoms with van der Waals surface area (Å²) in [4.78, 5) is 4.86. The van der Waals surface area contributed by atoms with Crippen LogP contribution >= 0.6 is 0 Å². The molecule has 7 heteroatoms. The molecule has 0 saturated carbocycles.